The standard InChI is InChI=1S/C19H25N3O2/c1-2-17-16(13-20-21-17)19(24)22-10-8-15(9-11-22)18(23)12-14-6-4-3-5-7-14/h3-7,13,15,18,23H,2,8-12H2,1H3,(H,20,21)/t18-/m1/s1. The Hall–Kier alpha value is -2.14. The van der Waals surface area contributed by atoms with Crippen molar-refractivity contribution >= 4 is 5.91 Å². The molecule has 1 amide bonds. The quantitative estimate of drug-likeness (QED) is 0.886. The van der Waals surface area contributed by atoms with E-state index in [0.717, 1.165) is 30.5 Å². The summed E-state index contributed by atoms with van der Waals surface area (Å²) in [4.78, 5) is 14.5. The van der Waals surface area contributed by atoms with Gasteiger partial charge in [-0.1, -0.05) is 37.3 Å². The number of carbonyl (C=O) groups is 1. The van der Waals surface area contributed by atoms with E-state index in [1.165, 1.54) is 0 Å². The number of amides is 1. The van der Waals surface area contributed by atoms with Crippen LogP contribution in [-0.2, 0) is 12.8 Å². The average Bonchev–Trinajstić information content (AvgIpc) is 3.11. The first-order valence-electron chi connectivity index (χ1n) is 8.72. The van der Waals surface area contributed by atoms with Crippen LogP contribution < -0.4 is 0 Å². The van der Waals surface area contributed by atoms with Gasteiger partial charge >= 0.3 is 0 Å². The van der Waals surface area contributed by atoms with Crippen LogP contribution in [0.5, 0.6) is 0 Å². The minimum atomic E-state index is -0.343. The molecule has 1 aliphatic heterocycles. The SMILES string of the molecule is CCc1[nH]ncc1C(=O)N1CCC([C@H](O)Cc2ccccc2)CC1. The monoisotopic (exact) mass is 327 g/mol. The topological polar surface area (TPSA) is 69.2 Å². The lowest BCUT2D eigenvalue weighted by molar-refractivity contribution is 0.0467. The Balaban J connectivity index is 1.54. The number of aliphatic hydroxyl groups is 1. The number of nitrogens with one attached hydrogen (secondary N) is 1. The van der Waals surface area contributed by atoms with E-state index in [1.54, 1.807) is 6.20 Å². The van der Waals surface area contributed by atoms with Crippen molar-refractivity contribution < 1.29 is 9.90 Å². The fourth-order valence-electron chi connectivity index (χ4n) is 3.45. The molecule has 128 valence electrons. The van der Waals surface area contributed by atoms with Gasteiger partial charge < -0.3 is 10.0 Å². The predicted molar refractivity (Wildman–Crippen MR) is 92.7 cm³/mol. The number of piperidine rings is 1. The molecule has 2 aromatic rings. The van der Waals surface area contributed by atoms with E-state index < -0.39 is 0 Å². The minimum Gasteiger partial charge on any atom is -0.392 e. The number of carbonyl (C=O) groups excluding carboxylic acids is 1. The first-order chi connectivity index (χ1) is 11.7. The molecule has 1 atom stereocenters. The highest BCUT2D eigenvalue weighted by Gasteiger charge is 2.29. The Labute approximate surface area is 142 Å². The van der Waals surface area contributed by atoms with Crippen molar-refractivity contribution in [3.05, 3.63) is 53.3 Å². The van der Waals surface area contributed by atoms with E-state index >= 15 is 0 Å². The van der Waals surface area contributed by atoms with Gasteiger partial charge in [0.2, 0.25) is 0 Å². The molecule has 1 fully saturated rings. The van der Waals surface area contributed by atoms with Crippen molar-refractivity contribution in [2.45, 2.75) is 38.7 Å². The Bertz CT molecular complexity index is 660. The van der Waals surface area contributed by atoms with E-state index in [1.807, 2.05) is 42.2 Å². The number of hydrogen-bond acceptors (Lipinski definition) is 3. The first kappa shape index (κ1) is 16.7. The summed E-state index contributed by atoms with van der Waals surface area (Å²) in [5, 5.41) is 17.4. The summed E-state index contributed by atoms with van der Waals surface area (Å²) in [6.07, 6.45) is 4.43. The maximum Gasteiger partial charge on any atom is 0.257 e. The van der Waals surface area contributed by atoms with Gasteiger partial charge in [0.05, 0.1) is 17.9 Å². The molecule has 0 spiro atoms. The molecular formula is C19H25N3O2. The molecule has 2 heterocycles. The zero-order valence-electron chi connectivity index (χ0n) is 14.1. The third kappa shape index (κ3) is 3.67. The average molecular weight is 327 g/mol. The number of likely N-dealkylation sites (tertiary alicyclic amines) is 1. The zero-order valence-corrected chi connectivity index (χ0v) is 14.1. The highest BCUT2D eigenvalue weighted by atomic mass is 16.3. The molecule has 5 nitrogen and oxygen atoms in total. The fourth-order valence-corrected chi connectivity index (χ4v) is 3.45. The predicted octanol–water partition coefficient (Wildman–Crippen LogP) is 2.43. The molecule has 0 bridgehead atoms. The summed E-state index contributed by atoms with van der Waals surface area (Å²) in [6.45, 7) is 3.41. The van der Waals surface area contributed by atoms with Crippen LogP contribution in [-0.4, -0.2) is 45.3 Å². The molecule has 24 heavy (non-hydrogen) atoms. The van der Waals surface area contributed by atoms with E-state index in [0.29, 0.717) is 25.1 Å². The van der Waals surface area contributed by atoms with Gasteiger partial charge in [0.25, 0.3) is 5.91 Å². The molecule has 0 aliphatic carbocycles. The van der Waals surface area contributed by atoms with E-state index in [9.17, 15) is 9.90 Å². The second-order valence-electron chi connectivity index (χ2n) is 6.50. The molecule has 1 saturated heterocycles. The third-order valence-electron chi connectivity index (χ3n) is 4.96. The molecule has 5 heteroatoms. The van der Waals surface area contributed by atoms with Gasteiger partial charge in [-0.05, 0) is 37.2 Å². The summed E-state index contributed by atoms with van der Waals surface area (Å²) in [5.74, 6) is 0.306. The summed E-state index contributed by atoms with van der Waals surface area (Å²) in [7, 11) is 0. The van der Waals surface area contributed by atoms with Gasteiger partial charge in [-0.15, -0.1) is 0 Å². The molecule has 0 unspecified atom stereocenters. The van der Waals surface area contributed by atoms with Gasteiger partial charge in [-0.2, -0.15) is 5.10 Å². The van der Waals surface area contributed by atoms with Gasteiger partial charge in [-0.3, -0.25) is 9.89 Å². The van der Waals surface area contributed by atoms with Crippen LogP contribution in [0.4, 0.5) is 0 Å². The molecule has 1 aromatic carbocycles. The van der Waals surface area contributed by atoms with Crippen LogP contribution in [0.25, 0.3) is 0 Å². The van der Waals surface area contributed by atoms with Crippen LogP contribution in [0.1, 0.15) is 41.4 Å². The molecule has 1 aliphatic rings. The smallest absolute Gasteiger partial charge is 0.257 e. The van der Waals surface area contributed by atoms with Gasteiger partial charge in [0.15, 0.2) is 0 Å². The number of aromatic nitrogens is 2. The largest absolute Gasteiger partial charge is 0.392 e. The van der Waals surface area contributed by atoms with Crippen molar-refractivity contribution in [1.82, 2.24) is 15.1 Å². The van der Waals surface area contributed by atoms with Crippen molar-refractivity contribution in [3.8, 4) is 0 Å². The van der Waals surface area contributed by atoms with Crippen molar-refractivity contribution in [3.63, 3.8) is 0 Å². The normalized spacial score (nSPS) is 17.0. The zero-order chi connectivity index (χ0) is 16.9. The van der Waals surface area contributed by atoms with Crippen molar-refractivity contribution in [2.24, 2.45) is 5.92 Å². The fraction of sp³-hybridized carbons (Fsp3) is 0.474. The molecule has 1 aromatic heterocycles. The van der Waals surface area contributed by atoms with E-state index in [2.05, 4.69) is 10.2 Å². The Kier molecular flexibility index (Phi) is 5.30. The number of aliphatic hydroxyl groups excluding tert-OH is 1. The summed E-state index contributed by atoms with van der Waals surface area (Å²) in [5.41, 5.74) is 2.74. The Morgan fingerprint density at radius 2 is 2.04 bits per heavy atom. The third-order valence-corrected chi connectivity index (χ3v) is 4.96. The lowest BCUT2D eigenvalue weighted by Gasteiger charge is -2.34. The first-order valence-corrected chi connectivity index (χ1v) is 8.72. The summed E-state index contributed by atoms with van der Waals surface area (Å²) >= 11 is 0. The van der Waals surface area contributed by atoms with Crippen molar-refractivity contribution in [2.75, 3.05) is 13.1 Å². The Morgan fingerprint density at radius 3 is 2.71 bits per heavy atom. The van der Waals surface area contributed by atoms with Gasteiger partial charge in [-0.25, -0.2) is 0 Å². The van der Waals surface area contributed by atoms with Crippen molar-refractivity contribution in [1.29, 1.82) is 0 Å². The van der Waals surface area contributed by atoms with Crippen LogP contribution in [0.15, 0.2) is 36.5 Å². The highest BCUT2D eigenvalue weighted by Crippen LogP contribution is 2.24. The summed E-state index contributed by atoms with van der Waals surface area (Å²) in [6, 6.07) is 10.1. The van der Waals surface area contributed by atoms with Gasteiger partial charge in [0, 0.05) is 18.8 Å². The molecular weight excluding hydrogens is 302 g/mol. The lowest BCUT2D eigenvalue weighted by Crippen LogP contribution is -2.41. The summed E-state index contributed by atoms with van der Waals surface area (Å²) < 4.78 is 0. The van der Waals surface area contributed by atoms with Gasteiger partial charge in [0.1, 0.15) is 0 Å². The number of nitrogens with zero attached hydrogens (tertiary/aromatic N) is 2. The van der Waals surface area contributed by atoms with E-state index in [4.69, 9.17) is 0 Å². The number of aryl methyl sites for hydroxylation is 1. The maximum atomic E-state index is 12.6. The maximum absolute atomic E-state index is 12.6. The molecule has 0 radical (unpaired) electrons. The minimum absolute atomic E-state index is 0.0524. The lowest BCUT2D eigenvalue weighted by atomic mass is 9.87. The second kappa shape index (κ2) is 7.62. The Morgan fingerprint density at radius 1 is 1.33 bits per heavy atom. The second-order valence-corrected chi connectivity index (χ2v) is 6.50. The molecule has 3 rings (SSSR count). The van der Waals surface area contributed by atoms with E-state index in [-0.39, 0.29) is 17.9 Å². The van der Waals surface area contributed by atoms with Crippen LogP contribution in [0.2, 0.25) is 0 Å². The highest BCUT2D eigenvalue weighted by molar-refractivity contribution is 5.95. The number of benzene rings is 1. The number of H-pyrrole nitrogens is 1. The van der Waals surface area contributed by atoms with Crippen LogP contribution >= 0.6 is 0 Å². The molecule has 0 saturated carbocycles. The number of rotatable bonds is 5. The van der Waals surface area contributed by atoms with Crippen LogP contribution in [0, 0.1) is 5.92 Å². The number of hydrogen-bond donors (Lipinski definition) is 2. The molecule has 2 N–H and O–H groups in total. The number of aromatic amines is 1. The van der Waals surface area contributed by atoms with Crippen LogP contribution in [0.3, 0.4) is 0 Å².